The number of nitrogens with zero attached hydrogens (tertiary/aromatic N) is 1. The molecule has 1 atom stereocenters. The molecule has 0 bridgehead atoms. The summed E-state index contributed by atoms with van der Waals surface area (Å²) < 4.78 is 1.12. The molecule has 1 aliphatic rings. The molecule has 0 spiro atoms. The maximum atomic E-state index is 12.1. The SMILES string of the molecule is Cc1ccc2nc(NC(=O)[C@H]3CCCNC3)sc2c1. The van der Waals surface area contributed by atoms with Gasteiger partial charge in [0, 0.05) is 6.54 Å². The zero-order valence-corrected chi connectivity index (χ0v) is 11.7. The minimum absolute atomic E-state index is 0.0718. The molecule has 1 amide bonds. The molecule has 3 rings (SSSR count). The van der Waals surface area contributed by atoms with Crippen molar-refractivity contribution >= 4 is 32.6 Å². The number of nitrogens with one attached hydrogen (secondary N) is 2. The van der Waals surface area contributed by atoms with Gasteiger partial charge in [-0.05, 0) is 44.0 Å². The predicted octanol–water partition coefficient (Wildman–Crippen LogP) is 2.54. The molecule has 0 saturated carbocycles. The number of piperidine rings is 1. The van der Waals surface area contributed by atoms with E-state index in [-0.39, 0.29) is 11.8 Å². The third-order valence-electron chi connectivity index (χ3n) is 3.44. The Hall–Kier alpha value is -1.46. The van der Waals surface area contributed by atoms with Crippen molar-refractivity contribution < 1.29 is 4.79 Å². The molecule has 1 fully saturated rings. The quantitative estimate of drug-likeness (QED) is 0.885. The molecule has 2 aromatic rings. The highest BCUT2D eigenvalue weighted by atomic mass is 32.1. The number of carbonyl (C=O) groups excluding carboxylic acids is 1. The van der Waals surface area contributed by atoms with Gasteiger partial charge in [0.05, 0.1) is 16.1 Å². The van der Waals surface area contributed by atoms with E-state index in [4.69, 9.17) is 0 Å². The first kappa shape index (κ1) is 12.6. The number of thiazole rings is 1. The van der Waals surface area contributed by atoms with Crippen molar-refractivity contribution in [3.8, 4) is 0 Å². The van der Waals surface area contributed by atoms with Crippen molar-refractivity contribution in [2.24, 2.45) is 5.92 Å². The van der Waals surface area contributed by atoms with Crippen LogP contribution in [-0.2, 0) is 4.79 Å². The predicted molar refractivity (Wildman–Crippen MR) is 78.6 cm³/mol. The van der Waals surface area contributed by atoms with E-state index in [0.717, 1.165) is 36.1 Å². The van der Waals surface area contributed by atoms with Gasteiger partial charge in [0.1, 0.15) is 0 Å². The molecule has 5 heteroatoms. The van der Waals surface area contributed by atoms with E-state index in [1.54, 1.807) is 11.3 Å². The number of carbonyl (C=O) groups is 1. The highest BCUT2D eigenvalue weighted by Crippen LogP contribution is 2.27. The second kappa shape index (κ2) is 5.27. The fourth-order valence-corrected chi connectivity index (χ4v) is 3.34. The highest BCUT2D eigenvalue weighted by Gasteiger charge is 2.21. The minimum atomic E-state index is 0.0718. The van der Waals surface area contributed by atoms with Gasteiger partial charge >= 0.3 is 0 Å². The van der Waals surface area contributed by atoms with Gasteiger partial charge in [-0.2, -0.15) is 0 Å². The van der Waals surface area contributed by atoms with Crippen LogP contribution in [0.5, 0.6) is 0 Å². The molecule has 2 N–H and O–H groups in total. The molecule has 1 aromatic carbocycles. The Balaban J connectivity index is 1.75. The number of benzene rings is 1. The van der Waals surface area contributed by atoms with E-state index in [0.29, 0.717) is 5.13 Å². The summed E-state index contributed by atoms with van der Waals surface area (Å²) >= 11 is 1.54. The largest absolute Gasteiger partial charge is 0.316 e. The average molecular weight is 275 g/mol. The van der Waals surface area contributed by atoms with Gasteiger partial charge in [-0.15, -0.1) is 0 Å². The third kappa shape index (κ3) is 2.77. The van der Waals surface area contributed by atoms with E-state index < -0.39 is 0 Å². The first-order valence-corrected chi connectivity index (χ1v) is 7.43. The normalized spacial score (nSPS) is 19.5. The molecule has 19 heavy (non-hydrogen) atoms. The van der Waals surface area contributed by atoms with Crippen LogP contribution < -0.4 is 10.6 Å². The molecule has 0 unspecified atom stereocenters. The third-order valence-corrected chi connectivity index (χ3v) is 4.38. The van der Waals surface area contributed by atoms with E-state index in [1.807, 2.05) is 12.1 Å². The van der Waals surface area contributed by atoms with Crippen molar-refractivity contribution in [3.63, 3.8) is 0 Å². The summed E-state index contributed by atoms with van der Waals surface area (Å²) in [4.78, 5) is 16.6. The molecule has 100 valence electrons. The van der Waals surface area contributed by atoms with Crippen LogP contribution >= 0.6 is 11.3 Å². The van der Waals surface area contributed by atoms with Gasteiger partial charge in [0.2, 0.25) is 5.91 Å². The molecular formula is C14H17N3OS. The standard InChI is InChI=1S/C14H17N3OS/c1-9-4-5-11-12(7-9)19-14(16-11)17-13(18)10-3-2-6-15-8-10/h4-5,7,10,15H,2-3,6,8H2,1H3,(H,16,17,18)/t10-/m0/s1. The number of anilines is 1. The fourth-order valence-electron chi connectivity index (χ4n) is 2.37. The smallest absolute Gasteiger partial charge is 0.230 e. The number of amides is 1. The average Bonchev–Trinajstić information content (AvgIpc) is 2.81. The second-order valence-corrected chi connectivity index (χ2v) is 6.05. The Morgan fingerprint density at radius 3 is 3.21 bits per heavy atom. The number of fused-ring (bicyclic) bond motifs is 1. The second-order valence-electron chi connectivity index (χ2n) is 5.02. The van der Waals surface area contributed by atoms with Crippen molar-refractivity contribution in [1.29, 1.82) is 0 Å². The van der Waals surface area contributed by atoms with Crippen molar-refractivity contribution in [1.82, 2.24) is 10.3 Å². The first-order valence-electron chi connectivity index (χ1n) is 6.61. The summed E-state index contributed by atoms with van der Waals surface area (Å²) in [5, 5.41) is 6.91. The van der Waals surface area contributed by atoms with E-state index in [2.05, 4.69) is 28.6 Å². The van der Waals surface area contributed by atoms with Gasteiger partial charge < -0.3 is 10.6 Å². The van der Waals surface area contributed by atoms with Crippen LogP contribution in [0.2, 0.25) is 0 Å². The maximum absolute atomic E-state index is 12.1. The Kier molecular flexibility index (Phi) is 3.48. The van der Waals surface area contributed by atoms with E-state index in [9.17, 15) is 4.79 Å². The van der Waals surface area contributed by atoms with E-state index >= 15 is 0 Å². The zero-order chi connectivity index (χ0) is 13.2. The Morgan fingerprint density at radius 2 is 2.42 bits per heavy atom. The zero-order valence-electron chi connectivity index (χ0n) is 10.9. The molecule has 1 saturated heterocycles. The first-order chi connectivity index (χ1) is 9.22. The van der Waals surface area contributed by atoms with Crippen LogP contribution in [0, 0.1) is 12.8 Å². The van der Waals surface area contributed by atoms with Gasteiger partial charge in [-0.25, -0.2) is 4.98 Å². The molecule has 4 nitrogen and oxygen atoms in total. The Labute approximate surface area is 116 Å². The molecule has 2 heterocycles. The highest BCUT2D eigenvalue weighted by molar-refractivity contribution is 7.22. The number of aryl methyl sites for hydroxylation is 1. The van der Waals surface area contributed by atoms with E-state index in [1.165, 1.54) is 5.56 Å². The minimum Gasteiger partial charge on any atom is -0.316 e. The monoisotopic (exact) mass is 275 g/mol. The van der Waals surface area contributed by atoms with Crippen LogP contribution in [-0.4, -0.2) is 24.0 Å². The number of aromatic nitrogens is 1. The summed E-state index contributed by atoms with van der Waals surface area (Å²) in [5.41, 5.74) is 2.16. The molecular weight excluding hydrogens is 258 g/mol. The van der Waals surface area contributed by atoms with Crippen LogP contribution in [0.3, 0.4) is 0 Å². The van der Waals surface area contributed by atoms with Crippen molar-refractivity contribution in [2.45, 2.75) is 19.8 Å². The molecule has 0 radical (unpaired) electrons. The topological polar surface area (TPSA) is 54.0 Å². The molecule has 1 aromatic heterocycles. The Morgan fingerprint density at radius 1 is 1.53 bits per heavy atom. The lowest BCUT2D eigenvalue weighted by atomic mass is 9.99. The Bertz CT molecular complexity index is 602. The van der Waals surface area contributed by atoms with Crippen molar-refractivity contribution in [3.05, 3.63) is 23.8 Å². The van der Waals surface area contributed by atoms with Gasteiger partial charge in [-0.3, -0.25) is 4.79 Å². The lowest BCUT2D eigenvalue weighted by Gasteiger charge is -2.21. The fraction of sp³-hybridized carbons (Fsp3) is 0.429. The summed E-state index contributed by atoms with van der Waals surface area (Å²) in [6.07, 6.45) is 2.03. The van der Waals surface area contributed by atoms with Crippen LogP contribution in [0.1, 0.15) is 18.4 Å². The van der Waals surface area contributed by atoms with Gasteiger partial charge in [0.25, 0.3) is 0 Å². The molecule has 1 aliphatic heterocycles. The summed E-state index contributed by atoms with van der Waals surface area (Å²) in [6.45, 7) is 3.85. The molecule has 0 aliphatic carbocycles. The van der Waals surface area contributed by atoms with Crippen LogP contribution in [0.25, 0.3) is 10.2 Å². The number of rotatable bonds is 2. The number of hydrogen-bond acceptors (Lipinski definition) is 4. The summed E-state index contributed by atoms with van der Waals surface area (Å²) in [6, 6.07) is 6.14. The van der Waals surface area contributed by atoms with Crippen LogP contribution in [0.15, 0.2) is 18.2 Å². The number of hydrogen-bond donors (Lipinski definition) is 2. The lowest BCUT2D eigenvalue weighted by molar-refractivity contribution is -0.120. The van der Waals surface area contributed by atoms with Gasteiger partial charge in [-0.1, -0.05) is 17.4 Å². The maximum Gasteiger partial charge on any atom is 0.230 e. The summed E-state index contributed by atoms with van der Waals surface area (Å²) in [5.74, 6) is 0.158. The van der Waals surface area contributed by atoms with Crippen molar-refractivity contribution in [2.75, 3.05) is 18.4 Å². The lowest BCUT2D eigenvalue weighted by Crippen LogP contribution is -2.37. The van der Waals surface area contributed by atoms with Crippen LogP contribution in [0.4, 0.5) is 5.13 Å². The summed E-state index contributed by atoms with van der Waals surface area (Å²) in [7, 11) is 0. The van der Waals surface area contributed by atoms with Gasteiger partial charge in [0.15, 0.2) is 5.13 Å².